The van der Waals surface area contributed by atoms with Crippen LogP contribution in [0.2, 0.25) is 0 Å². The summed E-state index contributed by atoms with van der Waals surface area (Å²) in [6.45, 7) is 0. The molecule has 5 nitrogen and oxygen atoms in total. The monoisotopic (exact) mass is 421 g/mol. The number of methoxy groups -OCH3 is 1. The summed E-state index contributed by atoms with van der Waals surface area (Å²) in [6, 6.07) is 5.79. The molecular formula is C17H16IN3O2. The van der Waals surface area contributed by atoms with Gasteiger partial charge in [0.25, 0.3) is 0 Å². The Morgan fingerprint density at radius 2 is 2.09 bits per heavy atom. The molecule has 0 atom stereocenters. The van der Waals surface area contributed by atoms with E-state index < -0.39 is 0 Å². The quantitative estimate of drug-likeness (QED) is 0.726. The molecule has 1 aliphatic carbocycles. The molecule has 0 fully saturated rings. The van der Waals surface area contributed by atoms with Gasteiger partial charge in [-0.15, -0.1) is 0 Å². The second kappa shape index (κ2) is 6.24. The van der Waals surface area contributed by atoms with Gasteiger partial charge in [0, 0.05) is 11.3 Å². The van der Waals surface area contributed by atoms with E-state index in [0.29, 0.717) is 14.9 Å². The van der Waals surface area contributed by atoms with Crippen molar-refractivity contribution in [2.45, 2.75) is 25.7 Å². The number of aromatic nitrogens is 1. The number of nitriles is 1. The van der Waals surface area contributed by atoms with Gasteiger partial charge < -0.3 is 15.6 Å². The van der Waals surface area contributed by atoms with Crippen LogP contribution in [0.3, 0.4) is 0 Å². The van der Waals surface area contributed by atoms with Crippen molar-refractivity contribution in [3.05, 3.63) is 32.5 Å². The highest BCUT2D eigenvalue weighted by Gasteiger charge is 2.23. The summed E-state index contributed by atoms with van der Waals surface area (Å²) in [7, 11) is 1.51. The number of ether oxygens (including phenoxy) is 1. The molecule has 1 aliphatic rings. The fourth-order valence-electron chi connectivity index (χ4n) is 3.07. The number of nitrogens with two attached hydrogens (primary N) is 1. The lowest BCUT2D eigenvalue weighted by Gasteiger charge is -2.21. The van der Waals surface area contributed by atoms with Crippen LogP contribution in [0.4, 0.5) is 5.82 Å². The van der Waals surface area contributed by atoms with E-state index in [1.54, 1.807) is 6.07 Å². The van der Waals surface area contributed by atoms with Crippen LogP contribution in [0.15, 0.2) is 12.1 Å². The minimum atomic E-state index is 0.103. The van der Waals surface area contributed by atoms with E-state index in [9.17, 15) is 10.4 Å². The van der Waals surface area contributed by atoms with Gasteiger partial charge in [0.2, 0.25) is 0 Å². The number of fused-ring (bicyclic) bond motifs is 1. The number of phenols is 1. The number of nitrogen functional groups attached to an aromatic ring is 1. The summed E-state index contributed by atoms with van der Waals surface area (Å²) in [4.78, 5) is 4.43. The second-order valence-electron chi connectivity index (χ2n) is 5.50. The van der Waals surface area contributed by atoms with E-state index in [4.69, 9.17) is 10.5 Å². The third-order valence-electron chi connectivity index (χ3n) is 4.15. The third kappa shape index (κ3) is 2.70. The number of aromatic hydroxyl groups is 1. The van der Waals surface area contributed by atoms with Crippen molar-refractivity contribution in [2.24, 2.45) is 0 Å². The Labute approximate surface area is 148 Å². The molecule has 118 valence electrons. The maximum absolute atomic E-state index is 10.1. The summed E-state index contributed by atoms with van der Waals surface area (Å²) in [6.07, 6.45) is 3.92. The second-order valence-corrected chi connectivity index (χ2v) is 6.66. The first-order valence-electron chi connectivity index (χ1n) is 7.35. The first-order valence-corrected chi connectivity index (χ1v) is 8.43. The number of hydrogen-bond donors (Lipinski definition) is 2. The largest absolute Gasteiger partial charge is 0.504 e. The lowest BCUT2D eigenvalue weighted by molar-refractivity contribution is 0.372. The number of anilines is 1. The maximum Gasteiger partial charge on any atom is 0.171 e. The third-order valence-corrected chi connectivity index (χ3v) is 4.97. The predicted molar refractivity (Wildman–Crippen MR) is 96.4 cm³/mol. The van der Waals surface area contributed by atoms with Crippen molar-refractivity contribution in [1.82, 2.24) is 4.98 Å². The Kier molecular flexibility index (Phi) is 4.31. The minimum Gasteiger partial charge on any atom is -0.504 e. The molecule has 3 N–H and O–H groups in total. The van der Waals surface area contributed by atoms with Crippen LogP contribution >= 0.6 is 22.6 Å². The summed E-state index contributed by atoms with van der Waals surface area (Å²) < 4.78 is 5.92. The van der Waals surface area contributed by atoms with Gasteiger partial charge in [-0.1, -0.05) is 0 Å². The number of phenolic OH excluding ortho intramolecular Hbond substituents is 1. The highest BCUT2D eigenvalue weighted by molar-refractivity contribution is 14.1. The normalized spacial score (nSPS) is 13.3. The van der Waals surface area contributed by atoms with Crippen LogP contribution in [0, 0.1) is 14.9 Å². The molecule has 1 heterocycles. The number of benzene rings is 1. The van der Waals surface area contributed by atoms with Crippen molar-refractivity contribution >= 4 is 28.4 Å². The summed E-state index contributed by atoms with van der Waals surface area (Å²) >= 11 is 2.05. The van der Waals surface area contributed by atoms with E-state index >= 15 is 0 Å². The lowest BCUT2D eigenvalue weighted by atomic mass is 9.86. The lowest BCUT2D eigenvalue weighted by Crippen LogP contribution is -2.12. The van der Waals surface area contributed by atoms with E-state index in [2.05, 4.69) is 33.6 Å². The molecule has 3 rings (SSSR count). The van der Waals surface area contributed by atoms with Gasteiger partial charge >= 0.3 is 0 Å². The maximum atomic E-state index is 10.1. The Bertz CT molecular complexity index is 828. The van der Waals surface area contributed by atoms with E-state index in [1.807, 2.05) is 6.07 Å². The van der Waals surface area contributed by atoms with Crippen LogP contribution in [-0.4, -0.2) is 17.2 Å². The minimum absolute atomic E-state index is 0.103. The molecule has 0 aliphatic heterocycles. The Balaban J connectivity index is 2.34. The Morgan fingerprint density at radius 1 is 1.35 bits per heavy atom. The molecule has 1 aromatic carbocycles. The van der Waals surface area contributed by atoms with E-state index in [1.165, 1.54) is 7.11 Å². The average Bonchev–Trinajstić information content (AvgIpc) is 2.56. The van der Waals surface area contributed by atoms with Crippen LogP contribution < -0.4 is 10.5 Å². The van der Waals surface area contributed by atoms with Crippen LogP contribution in [0.5, 0.6) is 11.5 Å². The molecule has 0 spiro atoms. The molecule has 1 aromatic heterocycles. The van der Waals surface area contributed by atoms with Gasteiger partial charge in [-0.2, -0.15) is 5.26 Å². The van der Waals surface area contributed by atoms with Gasteiger partial charge in [0.15, 0.2) is 11.5 Å². The molecule has 0 bridgehead atoms. The number of pyridine rings is 1. The highest BCUT2D eigenvalue weighted by atomic mass is 127. The van der Waals surface area contributed by atoms with Gasteiger partial charge in [-0.25, -0.2) is 4.98 Å². The Hall–Kier alpha value is -2.01. The molecule has 0 amide bonds. The van der Waals surface area contributed by atoms with Crippen molar-refractivity contribution in [2.75, 3.05) is 12.8 Å². The van der Waals surface area contributed by atoms with E-state index in [0.717, 1.165) is 48.1 Å². The molecule has 0 saturated carbocycles. The standard InChI is InChI=1S/C17H16IN3O2/c1-23-14-7-9(6-12(18)16(14)22)15-10-4-2-3-5-13(10)21-17(20)11(15)8-19/h6-7,22H,2-5H2,1H3,(H2,20,21). The van der Waals surface area contributed by atoms with Crippen molar-refractivity contribution in [3.8, 4) is 28.7 Å². The number of rotatable bonds is 2. The topological polar surface area (TPSA) is 92.2 Å². The van der Waals surface area contributed by atoms with Crippen LogP contribution in [0.25, 0.3) is 11.1 Å². The highest BCUT2D eigenvalue weighted by Crippen LogP contribution is 2.41. The molecule has 6 heteroatoms. The first-order chi connectivity index (χ1) is 11.1. The molecule has 0 unspecified atom stereocenters. The Morgan fingerprint density at radius 3 is 2.78 bits per heavy atom. The zero-order valence-corrected chi connectivity index (χ0v) is 14.8. The molecule has 0 radical (unpaired) electrons. The zero-order chi connectivity index (χ0) is 16.6. The smallest absolute Gasteiger partial charge is 0.171 e. The van der Waals surface area contributed by atoms with Crippen molar-refractivity contribution in [3.63, 3.8) is 0 Å². The van der Waals surface area contributed by atoms with Gasteiger partial charge in [0.05, 0.1) is 10.7 Å². The number of nitrogens with zero attached hydrogens (tertiary/aromatic N) is 2. The number of halogens is 1. The van der Waals surface area contributed by atoms with Crippen molar-refractivity contribution in [1.29, 1.82) is 5.26 Å². The predicted octanol–water partition coefficient (Wildman–Crippen LogP) is 3.40. The SMILES string of the molecule is COc1cc(-c2c(C#N)c(N)nc3c2CCCC3)cc(I)c1O. The molecule has 0 saturated heterocycles. The summed E-state index contributed by atoms with van der Waals surface area (Å²) in [5.41, 5.74) is 10.1. The average molecular weight is 421 g/mol. The van der Waals surface area contributed by atoms with Crippen LogP contribution in [0.1, 0.15) is 29.7 Å². The number of hydrogen-bond acceptors (Lipinski definition) is 5. The van der Waals surface area contributed by atoms with Crippen molar-refractivity contribution < 1.29 is 9.84 Å². The molecular weight excluding hydrogens is 405 g/mol. The van der Waals surface area contributed by atoms with Gasteiger partial charge in [0.1, 0.15) is 17.5 Å². The van der Waals surface area contributed by atoms with E-state index in [-0.39, 0.29) is 11.6 Å². The van der Waals surface area contributed by atoms with Gasteiger partial charge in [-0.05, 0) is 71.5 Å². The number of aryl methyl sites for hydroxylation is 1. The van der Waals surface area contributed by atoms with Gasteiger partial charge in [-0.3, -0.25) is 0 Å². The fourth-order valence-corrected chi connectivity index (χ4v) is 3.67. The summed E-state index contributed by atoms with van der Waals surface area (Å²) in [5, 5.41) is 19.6. The zero-order valence-electron chi connectivity index (χ0n) is 12.7. The molecule has 2 aromatic rings. The summed E-state index contributed by atoms with van der Waals surface area (Å²) in [5.74, 6) is 0.757. The van der Waals surface area contributed by atoms with Crippen LogP contribution in [-0.2, 0) is 12.8 Å². The molecule has 23 heavy (non-hydrogen) atoms. The fraction of sp³-hybridized carbons (Fsp3) is 0.294. The first kappa shape index (κ1) is 15.9.